The summed E-state index contributed by atoms with van der Waals surface area (Å²) in [7, 11) is 0. The van der Waals surface area contributed by atoms with Crippen molar-refractivity contribution < 1.29 is 19.1 Å². The van der Waals surface area contributed by atoms with Crippen molar-refractivity contribution in [1.82, 2.24) is 39.5 Å². The molecule has 150 valence electrons. The van der Waals surface area contributed by atoms with Crippen LogP contribution in [0.15, 0.2) is 36.5 Å². The number of aromatic nitrogens is 8. The van der Waals surface area contributed by atoms with E-state index in [0.717, 1.165) is 12.0 Å². The first-order chi connectivity index (χ1) is 14.1. The Kier molecular flexibility index (Phi) is 4.81. The second-order valence-electron chi connectivity index (χ2n) is 6.21. The van der Waals surface area contributed by atoms with Crippen molar-refractivity contribution in [2.24, 2.45) is 0 Å². The minimum Gasteiger partial charge on any atom is -0.387 e. The molecule has 1 unspecified atom stereocenters. The fourth-order valence-corrected chi connectivity index (χ4v) is 4.08. The summed E-state index contributed by atoms with van der Waals surface area (Å²) in [6, 6.07) is 0. The van der Waals surface area contributed by atoms with Crippen LogP contribution in [-0.2, 0) is 8.92 Å². The smallest absolute Gasteiger partial charge is 0.181 e. The van der Waals surface area contributed by atoms with Gasteiger partial charge in [-0.05, 0) is 0 Å². The van der Waals surface area contributed by atoms with E-state index in [9.17, 15) is 10.2 Å². The van der Waals surface area contributed by atoms with Crippen molar-refractivity contribution in [3.05, 3.63) is 31.5 Å². The first-order valence-electron chi connectivity index (χ1n) is 8.43. The molecule has 0 amide bonds. The summed E-state index contributed by atoms with van der Waals surface area (Å²) in [5, 5.41) is 21.5. The first kappa shape index (κ1) is 18.7. The molecule has 0 spiro atoms. The number of nitrogens with one attached hydrogen (secondary N) is 1. The molecule has 1 aliphatic heterocycles. The van der Waals surface area contributed by atoms with Crippen molar-refractivity contribution in [2.45, 2.75) is 35.0 Å². The van der Waals surface area contributed by atoms with Crippen molar-refractivity contribution in [2.75, 3.05) is 0 Å². The van der Waals surface area contributed by atoms with Crippen molar-refractivity contribution in [3.8, 4) is 0 Å². The lowest BCUT2D eigenvalue weighted by atomic mass is 10.1. The fourth-order valence-electron chi connectivity index (χ4n) is 3.08. The van der Waals surface area contributed by atoms with Crippen LogP contribution in [0.1, 0.15) is 6.23 Å². The Hall–Kier alpha value is -2.36. The number of fused-ring (bicyclic) bond motifs is 2. The predicted molar refractivity (Wildman–Crippen MR) is 103 cm³/mol. The van der Waals surface area contributed by atoms with Crippen molar-refractivity contribution >= 4 is 47.0 Å². The molecule has 1 saturated heterocycles. The molecule has 4 aromatic heterocycles. The molecule has 0 saturated carbocycles. The van der Waals surface area contributed by atoms with E-state index in [2.05, 4.69) is 47.5 Å². The number of rotatable bonds is 5. The minimum atomic E-state index is -1.24. The Bertz CT molecular complexity index is 1160. The Morgan fingerprint density at radius 1 is 1.17 bits per heavy atom. The maximum absolute atomic E-state index is 10.5. The molecule has 3 N–H and O–H groups in total. The molecule has 5 heterocycles. The lowest BCUT2D eigenvalue weighted by Crippen LogP contribution is -2.36. The average molecular weight is 434 g/mol. The van der Waals surface area contributed by atoms with E-state index in [4.69, 9.17) is 8.92 Å². The van der Waals surface area contributed by atoms with Gasteiger partial charge in [0.05, 0.1) is 30.9 Å². The van der Waals surface area contributed by atoms with Gasteiger partial charge in [0.25, 0.3) is 0 Å². The molecule has 0 bridgehead atoms. The molecular weight excluding hydrogens is 420 g/mol. The number of nitrogens with zero attached hydrogens (tertiary/aromatic N) is 7. The van der Waals surface area contributed by atoms with E-state index < -0.39 is 30.0 Å². The van der Waals surface area contributed by atoms with E-state index in [1.54, 1.807) is 6.20 Å². The number of hydrogen-bond acceptors (Lipinski definition) is 12. The number of imidazole rings is 2. The Morgan fingerprint density at radius 2 is 2.07 bits per heavy atom. The normalized spacial score (nSPS) is 25.8. The Balaban J connectivity index is 1.32. The van der Waals surface area contributed by atoms with Crippen molar-refractivity contribution in [1.29, 1.82) is 0 Å². The minimum absolute atomic E-state index is 0.477. The zero-order valence-electron chi connectivity index (χ0n) is 14.5. The van der Waals surface area contributed by atoms with E-state index in [0.29, 0.717) is 27.4 Å². The molecule has 1 aliphatic rings. The monoisotopic (exact) mass is 434 g/mol. The number of aromatic amines is 1. The van der Waals surface area contributed by atoms with Crippen LogP contribution in [0.4, 0.5) is 0 Å². The third kappa shape index (κ3) is 3.23. The number of hydrogen-bond donors (Lipinski definition) is 4. The van der Waals surface area contributed by atoms with Crippen LogP contribution < -0.4 is 0 Å². The van der Waals surface area contributed by atoms with Crippen LogP contribution in [0, 0.1) is 0 Å². The van der Waals surface area contributed by atoms with Gasteiger partial charge in [-0.2, -0.15) is 0 Å². The molecule has 29 heavy (non-hydrogen) atoms. The summed E-state index contributed by atoms with van der Waals surface area (Å²) >= 11 is 5.33. The van der Waals surface area contributed by atoms with Gasteiger partial charge in [-0.15, -0.1) is 12.6 Å². The third-order valence-electron chi connectivity index (χ3n) is 4.48. The number of aliphatic hydroxyl groups excluding tert-OH is 2. The molecule has 5 rings (SSSR count). The largest absolute Gasteiger partial charge is 0.387 e. The summed E-state index contributed by atoms with van der Waals surface area (Å²) in [5.74, 6) is 0. The highest BCUT2D eigenvalue weighted by Crippen LogP contribution is 2.36. The third-order valence-corrected chi connectivity index (χ3v) is 5.80. The summed E-state index contributed by atoms with van der Waals surface area (Å²) in [6.07, 6.45) is 2.98. The van der Waals surface area contributed by atoms with Crippen molar-refractivity contribution in [3.63, 3.8) is 0 Å². The van der Waals surface area contributed by atoms with Crippen LogP contribution in [-0.4, -0.2) is 73.4 Å². The molecule has 1 fully saturated rings. The van der Waals surface area contributed by atoms with Gasteiger partial charge in [-0.1, -0.05) is 0 Å². The molecule has 4 aromatic rings. The zero-order chi connectivity index (χ0) is 20.0. The number of H-pyrrole nitrogens is 1. The fraction of sp³-hybridized carbons (Fsp3) is 0.333. The summed E-state index contributed by atoms with van der Waals surface area (Å²) in [6.45, 7) is 0. The van der Waals surface area contributed by atoms with Gasteiger partial charge in [0.1, 0.15) is 47.4 Å². The van der Waals surface area contributed by atoms with Gasteiger partial charge in [0.2, 0.25) is 0 Å². The van der Waals surface area contributed by atoms with Crippen LogP contribution in [0.2, 0.25) is 0 Å². The number of ether oxygens (including phenoxy) is 1. The molecule has 12 nitrogen and oxygen atoms in total. The van der Waals surface area contributed by atoms with Crippen LogP contribution in [0.25, 0.3) is 22.3 Å². The average Bonchev–Trinajstić information content (AvgIpc) is 3.45. The van der Waals surface area contributed by atoms with Gasteiger partial charge >= 0.3 is 0 Å². The van der Waals surface area contributed by atoms with E-state index in [1.807, 2.05) is 0 Å². The highest BCUT2D eigenvalue weighted by molar-refractivity contribution is 7.95. The molecule has 0 aromatic carbocycles. The van der Waals surface area contributed by atoms with Gasteiger partial charge < -0.3 is 19.9 Å². The predicted octanol–water partition coefficient (Wildman–Crippen LogP) is 0.0916. The van der Waals surface area contributed by atoms with Crippen LogP contribution >= 0.6 is 24.7 Å². The summed E-state index contributed by atoms with van der Waals surface area (Å²) in [5.41, 5.74) is 1.28. The molecular formula is C15H14N8O4S2. The second-order valence-corrected chi connectivity index (χ2v) is 7.46. The van der Waals surface area contributed by atoms with E-state index in [1.165, 1.54) is 29.9 Å². The molecule has 0 aliphatic carbocycles. The Morgan fingerprint density at radius 3 is 2.97 bits per heavy atom. The van der Waals surface area contributed by atoms with E-state index >= 15 is 0 Å². The highest BCUT2D eigenvalue weighted by atomic mass is 32.2. The number of aliphatic hydroxyl groups is 2. The lowest BCUT2D eigenvalue weighted by Gasteiger charge is -2.20. The van der Waals surface area contributed by atoms with Gasteiger partial charge in [-0.3, -0.25) is 8.75 Å². The van der Waals surface area contributed by atoms with Gasteiger partial charge in [0, 0.05) is 0 Å². The maximum atomic E-state index is 10.5. The van der Waals surface area contributed by atoms with Gasteiger partial charge in [-0.25, -0.2) is 29.9 Å². The standard InChI is InChI=1S/C15H14N8O4S2/c24-8-9(25)14(23-5-22-6-1-16-2-20-12(6)23)26-10(8)15(28)27-29-13-7-11(18-3-17-7)19-4-21-13/h1-5,8-10,14-15,24-25,28H,(H,17,18,19,21)/t8-,9+,10-,14+,15?/m0/s1. The van der Waals surface area contributed by atoms with Crippen LogP contribution in [0.3, 0.4) is 0 Å². The number of thiol groups is 1. The Labute approximate surface area is 172 Å². The lowest BCUT2D eigenvalue weighted by molar-refractivity contribution is -0.0516. The highest BCUT2D eigenvalue weighted by Gasteiger charge is 2.47. The first-order valence-corrected chi connectivity index (χ1v) is 9.69. The molecule has 5 atom stereocenters. The van der Waals surface area contributed by atoms with Gasteiger partial charge in [0.15, 0.2) is 22.5 Å². The van der Waals surface area contributed by atoms with Crippen LogP contribution in [0.5, 0.6) is 0 Å². The zero-order valence-corrected chi connectivity index (χ0v) is 16.2. The SMILES string of the molecule is O[C@@H]1[C@H](O)[C@@H](C(S)OSc2ncnc3nc[nH]c23)O[C@H]1n1cnc2cncnc21. The molecule has 14 heteroatoms. The summed E-state index contributed by atoms with van der Waals surface area (Å²) in [4.78, 5) is 27.4. The second kappa shape index (κ2) is 7.47. The topological polar surface area (TPSA) is 157 Å². The molecule has 0 radical (unpaired) electrons. The van der Waals surface area contributed by atoms with E-state index in [-0.39, 0.29) is 0 Å². The maximum Gasteiger partial charge on any atom is 0.181 e. The summed E-state index contributed by atoms with van der Waals surface area (Å²) < 4.78 is 13.1. The quantitative estimate of drug-likeness (QED) is 0.146.